The van der Waals surface area contributed by atoms with Gasteiger partial charge in [-0.25, -0.2) is 0 Å². The Bertz CT molecular complexity index is 615. The highest BCUT2D eigenvalue weighted by Gasteiger charge is 2.52. The Balaban J connectivity index is 3.22. The van der Waals surface area contributed by atoms with Crippen LogP contribution in [0.1, 0.15) is 27.7 Å². The van der Waals surface area contributed by atoms with Gasteiger partial charge in [0.1, 0.15) is 12.7 Å². The summed E-state index contributed by atoms with van der Waals surface area (Å²) < 4.78 is 31.9. The largest absolute Gasteiger partial charge is 0.463 e. The van der Waals surface area contributed by atoms with E-state index in [0.717, 1.165) is 20.8 Å². The lowest BCUT2D eigenvalue weighted by Crippen LogP contribution is -2.62. The average Bonchev–Trinajstić information content (AvgIpc) is 2.60. The van der Waals surface area contributed by atoms with Gasteiger partial charge in [0.25, 0.3) is 0 Å². The number of hydrogen-bond donors (Lipinski definition) is 1. The number of rotatable bonds is 9. The smallest absolute Gasteiger partial charge is 0.303 e. The second-order valence-electron chi connectivity index (χ2n) is 6.05. The lowest BCUT2D eigenvalue weighted by Gasteiger charge is -2.43. The summed E-state index contributed by atoms with van der Waals surface area (Å²) >= 11 is 0. The maximum atomic E-state index is 11.6. The number of carbonyl (C=O) groups excluding carboxylic acids is 4. The number of aliphatic hydroxyl groups is 1. The van der Waals surface area contributed by atoms with Crippen molar-refractivity contribution in [2.45, 2.75) is 58.4 Å². The van der Waals surface area contributed by atoms with Gasteiger partial charge in [-0.2, -0.15) is 0 Å². The van der Waals surface area contributed by atoms with E-state index in [0.29, 0.717) is 0 Å². The number of esters is 4. The van der Waals surface area contributed by atoms with Crippen LogP contribution in [-0.2, 0) is 47.6 Å². The van der Waals surface area contributed by atoms with Crippen molar-refractivity contribution in [3.63, 3.8) is 0 Å². The summed E-state index contributed by atoms with van der Waals surface area (Å²) in [4.78, 5) is 46.0. The van der Waals surface area contributed by atoms with Crippen molar-refractivity contribution in [1.29, 1.82) is 0 Å². The van der Waals surface area contributed by atoms with Gasteiger partial charge in [0.2, 0.25) is 0 Å². The molecular weight excluding hydrogens is 392 g/mol. The normalized spacial score (nSPS) is 26.6. The van der Waals surface area contributed by atoms with E-state index in [9.17, 15) is 19.2 Å². The van der Waals surface area contributed by atoms with E-state index >= 15 is 0 Å². The van der Waals surface area contributed by atoms with E-state index < -0.39 is 54.6 Å². The summed E-state index contributed by atoms with van der Waals surface area (Å²) in [6.07, 6.45) is -3.16. The van der Waals surface area contributed by atoms with Crippen molar-refractivity contribution in [1.82, 2.24) is 0 Å². The van der Waals surface area contributed by atoms with E-state index in [4.69, 9.17) is 33.5 Å². The minimum Gasteiger partial charge on any atom is -0.463 e. The molecule has 0 radical (unpaired) electrons. The third kappa shape index (κ3) is 8.59. The fourth-order valence-corrected chi connectivity index (χ4v) is 2.62. The predicted molar refractivity (Wildman–Crippen MR) is 94.1 cm³/mol. The summed E-state index contributed by atoms with van der Waals surface area (Å²) in [5, 5.41) is 8.80. The van der Waals surface area contributed by atoms with Gasteiger partial charge in [0.05, 0.1) is 13.2 Å². The summed E-state index contributed by atoms with van der Waals surface area (Å²) in [7, 11) is 0. The minimum atomic E-state index is -1.28. The lowest BCUT2D eigenvalue weighted by molar-refractivity contribution is -0.306. The van der Waals surface area contributed by atoms with Gasteiger partial charge >= 0.3 is 23.9 Å². The van der Waals surface area contributed by atoms with Gasteiger partial charge in [0, 0.05) is 27.7 Å². The first-order chi connectivity index (χ1) is 13.6. The molecule has 0 aromatic carbocycles. The molecule has 1 saturated heterocycles. The van der Waals surface area contributed by atoms with Crippen LogP contribution in [0, 0.1) is 0 Å². The molecule has 1 heterocycles. The van der Waals surface area contributed by atoms with E-state index in [1.54, 1.807) is 0 Å². The summed E-state index contributed by atoms with van der Waals surface area (Å²) in [6, 6.07) is 0. The van der Waals surface area contributed by atoms with Crippen molar-refractivity contribution in [3.8, 4) is 0 Å². The SMILES string of the molecule is CC(=O)OC[C@@H]1O[C@@H](OC/C=C/CO)[C@@H](OC(C)=O)[C@H](OC(C)=O)[C@H]1OC(C)=O. The predicted octanol–water partition coefficient (Wildman–Crippen LogP) is -0.365. The van der Waals surface area contributed by atoms with Gasteiger partial charge in [-0.3, -0.25) is 19.2 Å². The molecule has 0 saturated carbocycles. The molecule has 29 heavy (non-hydrogen) atoms. The second-order valence-corrected chi connectivity index (χ2v) is 6.05. The van der Waals surface area contributed by atoms with Crippen LogP contribution < -0.4 is 0 Å². The first-order valence-corrected chi connectivity index (χ1v) is 8.83. The topological polar surface area (TPSA) is 144 Å². The maximum absolute atomic E-state index is 11.6. The number of aliphatic hydroxyl groups excluding tert-OH is 1. The van der Waals surface area contributed by atoms with Crippen LogP contribution in [0.15, 0.2) is 12.2 Å². The van der Waals surface area contributed by atoms with Crippen LogP contribution in [0.3, 0.4) is 0 Å². The van der Waals surface area contributed by atoms with Gasteiger partial charge in [-0.1, -0.05) is 12.2 Å². The molecule has 0 unspecified atom stereocenters. The van der Waals surface area contributed by atoms with Crippen molar-refractivity contribution < 1.29 is 52.7 Å². The van der Waals surface area contributed by atoms with Crippen molar-refractivity contribution in [3.05, 3.63) is 12.2 Å². The Hall–Kier alpha value is -2.50. The van der Waals surface area contributed by atoms with Gasteiger partial charge < -0.3 is 33.5 Å². The Morgan fingerprint density at radius 2 is 1.38 bits per heavy atom. The Labute approximate surface area is 167 Å². The molecule has 1 aliphatic rings. The zero-order chi connectivity index (χ0) is 22.0. The van der Waals surface area contributed by atoms with Crippen LogP contribution in [0.5, 0.6) is 0 Å². The molecule has 11 heteroatoms. The van der Waals surface area contributed by atoms with Crippen LogP contribution >= 0.6 is 0 Å². The van der Waals surface area contributed by atoms with Crippen LogP contribution in [0.25, 0.3) is 0 Å². The zero-order valence-electron chi connectivity index (χ0n) is 16.7. The van der Waals surface area contributed by atoms with E-state index in [2.05, 4.69) is 0 Å². The first-order valence-electron chi connectivity index (χ1n) is 8.83. The highest BCUT2D eigenvalue weighted by Crippen LogP contribution is 2.29. The third-order valence-corrected chi connectivity index (χ3v) is 3.58. The molecule has 1 fully saturated rings. The molecule has 1 N–H and O–H groups in total. The Morgan fingerprint density at radius 1 is 0.828 bits per heavy atom. The monoisotopic (exact) mass is 418 g/mol. The molecular formula is C18H26O11. The van der Waals surface area contributed by atoms with Crippen molar-refractivity contribution in [2.75, 3.05) is 19.8 Å². The standard InChI is InChI=1S/C18H26O11/c1-10(20)25-9-14-15(26-11(2)21)16(27-12(3)22)17(28-13(4)23)18(29-14)24-8-6-5-7-19/h5-6,14-19H,7-9H2,1-4H3/b6-5+/t14-,15-,16+,17-,18+/m0/s1. The second kappa shape index (κ2) is 12.1. The maximum Gasteiger partial charge on any atom is 0.303 e. The van der Waals surface area contributed by atoms with Crippen LogP contribution in [0.2, 0.25) is 0 Å². The first kappa shape index (κ1) is 24.5. The average molecular weight is 418 g/mol. The summed E-state index contributed by atoms with van der Waals surface area (Å²) in [6.45, 7) is 4.02. The Morgan fingerprint density at radius 3 is 1.90 bits per heavy atom. The molecule has 0 amide bonds. The van der Waals surface area contributed by atoms with E-state index in [1.165, 1.54) is 19.1 Å². The fraction of sp³-hybridized carbons (Fsp3) is 0.667. The molecule has 0 aromatic heterocycles. The minimum absolute atomic E-state index is 0.0334. The van der Waals surface area contributed by atoms with Crippen LogP contribution in [0.4, 0.5) is 0 Å². The molecule has 1 aliphatic heterocycles. The van der Waals surface area contributed by atoms with Crippen molar-refractivity contribution in [2.24, 2.45) is 0 Å². The molecule has 0 spiro atoms. The number of ether oxygens (including phenoxy) is 6. The molecule has 11 nitrogen and oxygen atoms in total. The summed E-state index contributed by atoms with van der Waals surface area (Å²) in [5.74, 6) is -2.76. The number of hydrogen-bond acceptors (Lipinski definition) is 11. The quantitative estimate of drug-likeness (QED) is 0.297. The molecule has 0 aliphatic carbocycles. The molecule has 0 aromatic rings. The van der Waals surface area contributed by atoms with Crippen LogP contribution in [-0.4, -0.2) is 79.5 Å². The Kier molecular flexibility index (Phi) is 10.3. The number of carbonyl (C=O) groups is 4. The third-order valence-electron chi connectivity index (χ3n) is 3.58. The molecule has 5 atom stereocenters. The van der Waals surface area contributed by atoms with Gasteiger partial charge in [-0.15, -0.1) is 0 Å². The van der Waals surface area contributed by atoms with Gasteiger partial charge in [0.15, 0.2) is 24.6 Å². The highest BCUT2D eigenvalue weighted by atomic mass is 16.7. The van der Waals surface area contributed by atoms with E-state index in [1.807, 2.05) is 0 Å². The summed E-state index contributed by atoms with van der Waals surface area (Å²) in [5.41, 5.74) is 0. The highest BCUT2D eigenvalue weighted by molar-refractivity contribution is 5.68. The molecule has 0 bridgehead atoms. The molecule has 1 rings (SSSR count). The fourth-order valence-electron chi connectivity index (χ4n) is 2.62. The molecule has 164 valence electrons. The van der Waals surface area contributed by atoms with Crippen molar-refractivity contribution >= 4 is 23.9 Å². The van der Waals surface area contributed by atoms with E-state index in [-0.39, 0.29) is 19.8 Å². The van der Waals surface area contributed by atoms with Gasteiger partial charge in [-0.05, 0) is 0 Å². The zero-order valence-corrected chi connectivity index (χ0v) is 16.7. The lowest BCUT2D eigenvalue weighted by atomic mass is 9.98.